The van der Waals surface area contributed by atoms with E-state index in [1.165, 1.54) is 19.3 Å². The fraction of sp³-hybridized carbons (Fsp3) is 0.667. The van der Waals surface area contributed by atoms with Crippen LogP contribution in [0, 0.1) is 0 Å². The van der Waals surface area contributed by atoms with E-state index in [0.717, 1.165) is 28.0 Å². The maximum Gasteiger partial charge on any atom is 0.183 e. The molecule has 0 saturated heterocycles. The first kappa shape index (κ1) is 13.6. The van der Waals surface area contributed by atoms with E-state index in [-0.39, 0.29) is 0 Å². The Morgan fingerprint density at radius 3 is 2.53 bits per heavy atom. The van der Waals surface area contributed by atoms with Gasteiger partial charge < -0.3 is 14.6 Å². The van der Waals surface area contributed by atoms with Crippen LogP contribution >= 0.6 is 31.9 Å². The molecule has 0 spiro atoms. The predicted molar refractivity (Wildman–Crippen MR) is 76.1 cm³/mol. The summed E-state index contributed by atoms with van der Waals surface area (Å²) in [6, 6.07) is 2.00. The molecular formula is C12H18Br2N2O. The van der Waals surface area contributed by atoms with Crippen LogP contribution in [0.4, 0.5) is 0 Å². The lowest BCUT2D eigenvalue weighted by Crippen LogP contribution is -2.56. The molecule has 0 bridgehead atoms. The zero-order valence-corrected chi connectivity index (χ0v) is 13.4. The Hall–Kier alpha value is 0.160. The van der Waals surface area contributed by atoms with E-state index >= 15 is 0 Å². The van der Waals surface area contributed by atoms with Crippen molar-refractivity contribution in [3.8, 4) is 0 Å². The average molecular weight is 366 g/mol. The summed E-state index contributed by atoms with van der Waals surface area (Å²) in [5.74, 6) is 0.956. The summed E-state index contributed by atoms with van der Waals surface area (Å²) in [6.45, 7) is 1.80. The summed E-state index contributed by atoms with van der Waals surface area (Å²) < 4.78 is 7.27. The average Bonchev–Trinajstić information content (AvgIpc) is 2.50. The highest BCUT2D eigenvalue weighted by molar-refractivity contribution is 9.13. The van der Waals surface area contributed by atoms with Crippen molar-refractivity contribution >= 4 is 31.9 Å². The second-order valence-electron chi connectivity index (χ2n) is 4.91. The normalized spacial score (nSPS) is 18.4. The Balaban J connectivity index is 1.83. The second kappa shape index (κ2) is 5.43. The topological polar surface area (TPSA) is 28.4 Å². The quantitative estimate of drug-likeness (QED) is 0.866. The van der Waals surface area contributed by atoms with Gasteiger partial charge in [0.05, 0.1) is 11.0 Å². The van der Waals surface area contributed by atoms with Gasteiger partial charge in [-0.2, -0.15) is 0 Å². The lowest BCUT2D eigenvalue weighted by Gasteiger charge is -2.47. The molecule has 17 heavy (non-hydrogen) atoms. The monoisotopic (exact) mass is 364 g/mol. The van der Waals surface area contributed by atoms with Crippen LogP contribution in [0.2, 0.25) is 0 Å². The Kier molecular flexibility index (Phi) is 4.34. The van der Waals surface area contributed by atoms with E-state index in [0.29, 0.717) is 5.54 Å². The van der Waals surface area contributed by atoms with E-state index in [1.807, 2.05) is 6.07 Å². The van der Waals surface area contributed by atoms with Crippen LogP contribution in [0.15, 0.2) is 19.6 Å². The molecule has 1 N–H and O–H groups in total. The van der Waals surface area contributed by atoms with Crippen molar-refractivity contribution < 1.29 is 4.42 Å². The van der Waals surface area contributed by atoms with Gasteiger partial charge in [0, 0.05) is 12.1 Å². The van der Waals surface area contributed by atoms with Crippen molar-refractivity contribution in [3.05, 3.63) is 21.0 Å². The predicted octanol–water partition coefficient (Wildman–Crippen LogP) is 3.38. The summed E-state index contributed by atoms with van der Waals surface area (Å²) in [7, 11) is 4.34. The molecule has 2 rings (SSSR count). The third-order valence-electron chi connectivity index (χ3n) is 3.68. The molecule has 1 aliphatic rings. The summed E-state index contributed by atoms with van der Waals surface area (Å²) in [5, 5.41) is 3.49. The van der Waals surface area contributed by atoms with Gasteiger partial charge in [-0.15, -0.1) is 0 Å². The number of furan rings is 1. The molecule has 96 valence electrons. The van der Waals surface area contributed by atoms with Gasteiger partial charge in [0.1, 0.15) is 5.76 Å². The third-order valence-corrected chi connectivity index (χ3v) is 5.39. The number of hydrogen-bond acceptors (Lipinski definition) is 3. The smallest absolute Gasteiger partial charge is 0.183 e. The molecule has 0 atom stereocenters. The van der Waals surface area contributed by atoms with Gasteiger partial charge in [0.15, 0.2) is 4.67 Å². The highest BCUT2D eigenvalue weighted by Gasteiger charge is 2.38. The minimum Gasteiger partial charge on any atom is -0.452 e. The Bertz CT molecular complexity index is 366. The van der Waals surface area contributed by atoms with Gasteiger partial charge in [0.2, 0.25) is 0 Å². The number of halogens is 2. The lowest BCUT2D eigenvalue weighted by atomic mass is 9.75. The number of nitrogens with zero attached hydrogens (tertiary/aromatic N) is 1. The second-order valence-corrected chi connectivity index (χ2v) is 6.48. The van der Waals surface area contributed by atoms with Crippen LogP contribution in [0.25, 0.3) is 0 Å². The summed E-state index contributed by atoms with van der Waals surface area (Å²) in [6.07, 6.45) is 3.93. The van der Waals surface area contributed by atoms with E-state index in [9.17, 15) is 0 Å². The lowest BCUT2D eigenvalue weighted by molar-refractivity contribution is 0.0593. The fourth-order valence-electron chi connectivity index (χ4n) is 2.26. The first-order valence-electron chi connectivity index (χ1n) is 5.85. The van der Waals surface area contributed by atoms with Gasteiger partial charge >= 0.3 is 0 Å². The van der Waals surface area contributed by atoms with Gasteiger partial charge in [-0.05, 0) is 71.3 Å². The minimum absolute atomic E-state index is 0.362. The molecule has 1 aromatic heterocycles. The van der Waals surface area contributed by atoms with E-state index in [4.69, 9.17) is 4.42 Å². The fourth-order valence-corrected chi connectivity index (χ4v) is 2.92. The highest BCUT2D eigenvalue weighted by atomic mass is 79.9. The zero-order valence-electron chi connectivity index (χ0n) is 10.2. The summed E-state index contributed by atoms with van der Waals surface area (Å²) in [5.41, 5.74) is 0.362. The molecule has 5 heteroatoms. The third kappa shape index (κ3) is 2.95. The molecule has 1 heterocycles. The van der Waals surface area contributed by atoms with Crippen molar-refractivity contribution in [2.45, 2.75) is 31.3 Å². The molecule has 0 aliphatic heterocycles. The van der Waals surface area contributed by atoms with Crippen LogP contribution in [0.1, 0.15) is 25.0 Å². The molecule has 0 aromatic carbocycles. The van der Waals surface area contributed by atoms with Gasteiger partial charge in [-0.1, -0.05) is 0 Å². The highest BCUT2D eigenvalue weighted by Crippen LogP contribution is 2.35. The minimum atomic E-state index is 0.362. The van der Waals surface area contributed by atoms with Gasteiger partial charge in [-0.25, -0.2) is 0 Å². The molecule has 0 unspecified atom stereocenters. The molecule has 3 nitrogen and oxygen atoms in total. The van der Waals surface area contributed by atoms with Crippen molar-refractivity contribution in [3.63, 3.8) is 0 Å². The van der Waals surface area contributed by atoms with Crippen LogP contribution in [-0.4, -0.2) is 31.1 Å². The first-order chi connectivity index (χ1) is 8.03. The number of nitrogens with one attached hydrogen (secondary N) is 1. The van der Waals surface area contributed by atoms with Crippen molar-refractivity contribution in [2.24, 2.45) is 0 Å². The number of rotatable bonds is 5. The van der Waals surface area contributed by atoms with Crippen LogP contribution in [-0.2, 0) is 6.54 Å². The maximum absolute atomic E-state index is 5.53. The van der Waals surface area contributed by atoms with Gasteiger partial charge in [0.25, 0.3) is 0 Å². The number of likely N-dealkylation sites (N-methyl/N-ethyl adjacent to an activating group) is 1. The summed E-state index contributed by atoms with van der Waals surface area (Å²) >= 11 is 6.76. The van der Waals surface area contributed by atoms with Gasteiger partial charge in [-0.3, -0.25) is 0 Å². The largest absolute Gasteiger partial charge is 0.452 e. The summed E-state index contributed by atoms with van der Waals surface area (Å²) in [4.78, 5) is 2.34. The van der Waals surface area contributed by atoms with Crippen molar-refractivity contribution in [2.75, 3.05) is 20.6 Å². The van der Waals surface area contributed by atoms with Crippen molar-refractivity contribution in [1.29, 1.82) is 0 Å². The van der Waals surface area contributed by atoms with E-state index in [1.54, 1.807) is 0 Å². The SMILES string of the molecule is CN(C)C1(CNCc2cc(Br)c(Br)o2)CCC1. The molecule has 1 fully saturated rings. The Morgan fingerprint density at radius 1 is 1.41 bits per heavy atom. The molecule has 0 radical (unpaired) electrons. The Labute approximate surface area is 119 Å². The standard InChI is InChI=1S/C12H18Br2N2O/c1-16(2)12(4-3-5-12)8-15-7-9-6-10(13)11(14)17-9/h6,15H,3-5,7-8H2,1-2H3. The molecule has 0 amide bonds. The van der Waals surface area contributed by atoms with Crippen LogP contribution in [0.3, 0.4) is 0 Å². The Morgan fingerprint density at radius 2 is 2.12 bits per heavy atom. The van der Waals surface area contributed by atoms with E-state index in [2.05, 4.69) is 56.2 Å². The van der Waals surface area contributed by atoms with E-state index < -0.39 is 0 Å². The molecule has 1 aromatic rings. The van der Waals surface area contributed by atoms with Crippen LogP contribution in [0.5, 0.6) is 0 Å². The van der Waals surface area contributed by atoms with Crippen molar-refractivity contribution in [1.82, 2.24) is 10.2 Å². The molecule has 1 saturated carbocycles. The first-order valence-corrected chi connectivity index (χ1v) is 7.44. The number of hydrogen-bond donors (Lipinski definition) is 1. The molecular weight excluding hydrogens is 348 g/mol. The molecule has 1 aliphatic carbocycles. The maximum atomic E-state index is 5.53. The van der Waals surface area contributed by atoms with Crippen LogP contribution < -0.4 is 5.32 Å². The zero-order chi connectivity index (χ0) is 12.5.